The fourth-order valence-electron chi connectivity index (χ4n) is 1.55. The van der Waals surface area contributed by atoms with E-state index in [4.69, 9.17) is 9.47 Å². The van der Waals surface area contributed by atoms with Crippen LogP contribution in [0, 0.1) is 5.82 Å². The van der Waals surface area contributed by atoms with Crippen molar-refractivity contribution in [3.8, 4) is 5.69 Å². The highest BCUT2D eigenvalue weighted by Gasteiger charge is 2.14. The molecule has 0 atom stereocenters. The number of hydrogen-bond acceptors (Lipinski definition) is 4. The van der Waals surface area contributed by atoms with E-state index in [1.54, 1.807) is 12.1 Å². The minimum Gasteiger partial charge on any atom is -0.459 e. The number of imidazole rings is 1. The average Bonchev–Trinajstić information content (AvgIpc) is 2.89. The molecule has 0 fully saturated rings. The molecule has 0 spiro atoms. The molecule has 0 unspecified atom stereocenters. The van der Waals surface area contributed by atoms with Crippen molar-refractivity contribution in [2.45, 2.75) is 0 Å². The molecule has 0 amide bonds. The third-order valence-electron chi connectivity index (χ3n) is 2.47. The number of esters is 1. The maximum Gasteiger partial charge on any atom is 0.357 e. The molecule has 0 saturated carbocycles. The number of halogens is 1. The van der Waals surface area contributed by atoms with E-state index >= 15 is 0 Å². The van der Waals surface area contributed by atoms with Crippen molar-refractivity contribution in [3.05, 3.63) is 48.3 Å². The molecule has 0 aliphatic carbocycles. The van der Waals surface area contributed by atoms with Gasteiger partial charge in [0.2, 0.25) is 0 Å². The summed E-state index contributed by atoms with van der Waals surface area (Å²) < 4.78 is 24.2. The Hall–Kier alpha value is -2.21. The van der Waals surface area contributed by atoms with Crippen LogP contribution in [0.5, 0.6) is 0 Å². The smallest absolute Gasteiger partial charge is 0.357 e. The Kier molecular flexibility index (Phi) is 4.25. The first-order chi connectivity index (χ1) is 9.22. The Morgan fingerprint density at radius 1 is 1.32 bits per heavy atom. The molecule has 0 bridgehead atoms. The van der Waals surface area contributed by atoms with Gasteiger partial charge in [-0.3, -0.25) is 4.57 Å². The maximum atomic E-state index is 12.9. The van der Waals surface area contributed by atoms with E-state index in [1.807, 2.05) is 0 Å². The molecule has 100 valence electrons. The van der Waals surface area contributed by atoms with Crippen molar-refractivity contribution >= 4 is 5.97 Å². The Balaban J connectivity index is 2.17. The maximum absolute atomic E-state index is 12.9. The standard InChI is InChI=1S/C13H13FN2O3/c1-18-6-7-19-13(17)12-8-15-9-16(12)11-4-2-10(14)3-5-11/h2-5,8-9H,6-7H2,1H3. The molecule has 1 aromatic carbocycles. The summed E-state index contributed by atoms with van der Waals surface area (Å²) in [7, 11) is 1.52. The lowest BCUT2D eigenvalue weighted by molar-refractivity contribution is 0.0379. The van der Waals surface area contributed by atoms with Crippen molar-refractivity contribution in [1.29, 1.82) is 0 Å². The van der Waals surface area contributed by atoms with Crippen molar-refractivity contribution in [2.75, 3.05) is 20.3 Å². The van der Waals surface area contributed by atoms with E-state index in [2.05, 4.69) is 4.98 Å². The van der Waals surface area contributed by atoms with Gasteiger partial charge in [-0.2, -0.15) is 0 Å². The molecular weight excluding hydrogens is 251 g/mol. The molecule has 0 aliphatic heterocycles. The van der Waals surface area contributed by atoms with E-state index in [9.17, 15) is 9.18 Å². The first-order valence-corrected chi connectivity index (χ1v) is 5.66. The molecule has 0 radical (unpaired) electrons. The van der Waals surface area contributed by atoms with Gasteiger partial charge in [-0.1, -0.05) is 0 Å². The van der Waals surface area contributed by atoms with Gasteiger partial charge in [0.05, 0.1) is 19.1 Å². The van der Waals surface area contributed by atoms with Gasteiger partial charge in [-0.05, 0) is 24.3 Å². The molecule has 5 nitrogen and oxygen atoms in total. The number of hydrogen-bond donors (Lipinski definition) is 0. The third-order valence-corrected chi connectivity index (χ3v) is 2.47. The monoisotopic (exact) mass is 264 g/mol. The molecule has 1 heterocycles. The molecule has 1 aromatic heterocycles. The van der Waals surface area contributed by atoms with Gasteiger partial charge >= 0.3 is 5.97 Å². The lowest BCUT2D eigenvalue weighted by atomic mass is 10.3. The Morgan fingerprint density at radius 2 is 2.05 bits per heavy atom. The Labute approximate surface area is 109 Å². The number of aromatic nitrogens is 2. The van der Waals surface area contributed by atoms with Gasteiger partial charge in [0.15, 0.2) is 5.69 Å². The zero-order valence-corrected chi connectivity index (χ0v) is 10.4. The molecular formula is C13H13FN2O3. The molecule has 19 heavy (non-hydrogen) atoms. The molecule has 2 aromatic rings. The van der Waals surface area contributed by atoms with E-state index in [-0.39, 0.29) is 18.1 Å². The van der Waals surface area contributed by atoms with Crippen molar-refractivity contribution in [3.63, 3.8) is 0 Å². The predicted molar refractivity (Wildman–Crippen MR) is 65.7 cm³/mol. The summed E-state index contributed by atoms with van der Waals surface area (Å²) in [6.07, 6.45) is 2.87. The van der Waals surface area contributed by atoms with Crippen LogP contribution in [0.25, 0.3) is 5.69 Å². The summed E-state index contributed by atoms with van der Waals surface area (Å²) in [6, 6.07) is 5.75. The number of methoxy groups -OCH3 is 1. The summed E-state index contributed by atoms with van der Waals surface area (Å²) in [5, 5.41) is 0. The van der Waals surface area contributed by atoms with Gasteiger partial charge in [-0.15, -0.1) is 0 Å². The first-order valence-electron chi connectivity index (χ1n) is 5.66. The second-order valence-corrected chi connectivity index (χ2v) is 3.75. The summed E-state index contributed by atoms with van der Waals surface area (Å²) in [6.45, 7) is 0.500. The Bertz CT molecular complexity index is 551. The van der Waals surface area contributed by atoms with E-state index in [1.165, 1.54) is 36.3 Å². The molecule has 2 rings (SSSR count). The van der Waals surface area contributed by atoms with Crippen LogP contribution in [0.3, 0.4) is 0 Å². The van der Waals surface area contributed by atoms with Crippen LogP contribution in [0.15, 0.2) is 36.8 Å². The lowest BCUT2D eigenvalue weighted by Gasteiger charge is -2.08. The fourth-order valence-corrected chi connectivity index (χ4v) is 1.55. The second kappa shape index (κ2) is 6.10. The molecule has 6 heteroatoms. The lowest BCUT2D eigenvalue weighted by Crippen LogP contribution is -2.13. The van der Waals surface area contributed by atoms with Crippen molar-refractivity contribution < 1.29 is 18.7 Å². The Morgan fingerprint density at radius 3 is 2.74 bits per heavy atom. The van der Waals surface area contributed by atoms with Gasteiger partial charge in [0.25, 0.3) is 0 Å². The number of nitrogens with zero attached hydrogens (tertiary/aromatic N) is 2. The molecule has 0 N–H and O–H groups in total. The van der Waals surface area contributed by atoms with Crippen LogP contribution in [0.2, 0.25) is 0 Å². The summed E-state index contributed by atoms with van der Waals surface area (Å²) in [5.74, 6) is -0.841. The quantitative estimate of drug-likeness (QED) is 0.610. The summed E-state index contributed by atoms with van der Waals surface area (Å²) >= 11 is 0. The zero-order chi connectivity index (χ0) is 13.7. The summed E-state index contributed by atoms with van der Waals surface area (Å²) in [4.78, 5) is 15.7. The average molecular weight is 264 g/mol. The van der Waals surface area contributed by atoms with Gasteiger partial charge in [-0.25, -0.2) is 14.2 Å². The van der Waals surface area contributed by atoms with Crippen LogP contribution in [-0.2, 0) is 9.47 Å². The molecule has 0 saturated heterocycles. The highest BCUT2D eigenvalue weighted by molar-refractivity contribution is 5.88. The van der Waals surface area contributed by atoms with Crippen LogP contribution in [0.1, 0.15) is 10.5 Å². The largest absolute Gasteiger partial charge is 0.459 e. The minimum absolute atomic E-state index is 0.171. The topological polar surface area (TPSA) is 53.4 Å². The van der Waals surface area contributed by atoms with Crippen molar-refractivity contribution in [1.82, 2.24) is 9.55 Å². The highest BCUT2D eigenvalue weighted by Crippen LogP contribution is 2.13. The number of rotatable bonds is 5. The summed E-state index contributed by atoms with van der Waals surface area (Å²) in [5.41, 5.74) is 0.917. The number of carbonyl (C=O) groups is 1. The highest BCUT2D eigenvalue weighted by atomic mass is 19.1. The van der Waals surface area contributed by atoms with Crippen molar-refractivity contribution in [2.24, 2.45) is 0 Å². The number of benzene rings is 1. The second-order valence-electron chi connectivity index (χ2n) is 3.75. The minimum atomic E-state index is -0.501. The third kappa shape index (κ3) is 3.17. The molecule has 0 aliphatic rings. The van der Waals surface area contributed by atoms with E-state index < -0.39 is 5.97 Å². The van der Waals surface area contributed by atoms with Gasteiger partial charge in [0.1, 0.15) is 12.4 Å². The van der Waals surface area contributed by atoms with Crippen LogP contribution < -0.4 is 0 Å². The fraction of sp³-hybridized carbons (Fsp3) is 0.231. The van der Waals surface area contributed by atoms with Gasteiger partial charge < -0.3 is 9.47 Å². The SMILES string of the molecule is COCCOC(=O)c1cncn1-c1ccc(F)cc1. The normalized spacial score (nSPS) is 10.4. The van der Waals surface area contributed by atoms with E-state index in [0.29, 0.717) is 12.3 Å². The van der Waals surface area contributed by atoms with E-state index in [0.717, 1.165) is 0 Å². The predicted octanol–water partition coefficient (Wildman–Crippen LogP) is 1.81. The van der Waals surface area contributed by atoms with Gasteiger partial charge in [0, 0.05) is 12.8 Å². The van der Waals surface area contributed by atoms with Crippen LogP contribution >= 0.6 is 0 Å². The van der Waals surface area contributed by atoms with Crippen LogP contribution in [0.4, 0.5) is 4.39 Å². The van der Waals surface area contributed by atoms with Crippen LogP contribution in [-0.4, -0.2) is 35.8 Å². The number of carbonyl (C=O) groups excluding carboxylic acids is 1. The number of ether oxygens (including phenoxy) is 2. The zero-order valence-electron chi connectivity index (χ0n) is 10.4. The first kappa shape index (κ1) is 13.2.